The molecular weight excluding hydrogens is 248 g/mol. The predicted molar refractivity (Wildman–Crippen MR) is 63.4 cm³/mol. The van der Waals surface area contributed by atoms with E-state index in [-0.39, 0.29) is 29.4 Å². The molecular formula is C13H12N2O4. The van der Waals surface area contributed by atoms with Gasteiger partial charge in [-0.15, -0.1) is 0 Å². The number of nitrogens with zero attached hydrogens (tertiary/aromatic N) is 1. The van der Waals surface area contributed by atoms with Crippen molar-refractivity contribution >= 4 is 17.7 Å². The first-order chi connectivity index (χ1) is 9.18. The number of imide groups is 1. The topological polar surface area (TPSA) is 79.6 Å². The van der Waals surface area contributed by atoms with Gasteiger partial charge in [-0.1, -0.05) is 12.2 Å². The monoisotopic (exact) mass is 260 g/mol. The number of rotatable bonds is 2. The Morgan fingerprint density at radius 2 is 1.84 bits per heavy atom. The fourth-order valence-corrected chi connectivity index (χ4v) is 2.47. The normalized spacial score (nSPS) is 25.6. The van der Waals surface area contributed by atoms with Crippen LogP contribution in [0.25, 0.3) is 0 Å². The Hall–Kier alpha value is -2.37. The van der Waals surface area contributed by atoms with E-state index in [1.165, 1.54) is 12.3 Å². The van der Waals surface area contributed by atoms with Gasteiger partial charge in [-0.3, -0.25) is 19.8 Å². The number of allylic oxidation sites excluding steroid dienone is 2. The molecule has 0 aromatic carbocycles. The number of hydrogen-bond acceptors (Lipinski definition) is 4. The van der Waals surface area contributed by atoms with E-state index >= 15 is 0 Å². The van der Waals surface area contributed by atoms with Crippen LogP contribution in [0.15, 0.2) is 35.0 Å². The molecule has 2 atom stereocenters. The minimum absolute atomic E-state index is 0.0635. The Balaban J connectivity index is 1.77. The second kappa shape index (κ2) is 4.38. The average molecular weight is 260 g/mol. The summed E-state index contributed by atoms with van der Waals surface area (Å²) in [6, 6.07) is 3.03. The molecule has 3 amide bonds. The van der Waals surface area contributed by atoms with Gasteiger partial charge < -0.3 is 4.42 Å². The number of nitrogens with one attached hydrogen (secondary N) is 1. The first kappa shape index (κ1) is 11.7. The van der Waals surface area contributed by atoms with Gasteiger partial charge in [0.15, 0.2) is 5.76 Å². The smallest absolute Gasteiger partial charge is 0.305 e. The van der Waals surface area contributed by atoms with Gasteiger partial charge in [0.25, 0.3) is 11.8 Å². The van der Waals surface area contributed by atoms with E-state index in [0.29, 0.717) is 12.8 Å². The van der Waals surface area contributed by atoms with Crippen LogP contribution in [0.2, 0.25) is 0 Å². The Kier molecular flexibility index (Phi) is 2.70. The Morgan fingerprint density at radius 1 is 1.21 bits per heavy atom. The highest BCUT2D eigenvalue weighted by Gasteiger charge is 2.48. The fraction of sp³-hybridized carbons (Fsp3) is 0.308. The minimum Gasteiger partial charge on any atom is -0.459 e. The largest absolute Gasteiger partial charge is 0.459 e. The first-order valence-electron chi connectivity index (χ1n) is 6.06. The Labute approximate surface area is 109 Å². The number of amides is 3. The lowest BCUT2D eigenvalue weighted by Gasteiger charge is -2.14. The molecule has 3 rings (SSSR count). The predicted octanol–water partition coefficient (Wildman–Crippen LogP) is 0.876. The standard InChI is InChI=1S/C13H12N2O4/c16-11(10-6-3-7-19-10)14-15-12(17)8-4-1-2-5-9(8)13(15)18/h1-3,6-9H,4-5H2,(H,14,16). The van der Waals surface area contributed by atoms with Crippen LogP contribution in [0, 0.1) is 11.8 Å². The summed E-state index contributed by atoms with van der Waals surface area (Å²) in [5.41, 5.74) is 2.31. The van der Waals surface area contributed by atoms with Crippen LogP contribution in [0.5, 0.6) is 0 Å². The molecule has 1 fully saturated rings. The van der Waals surface area contributed by atoms with Crippen LogP contribution >= 0.6 is 0 Å². The first-order valence-corrected chi connectivity index (χ1v) is 6.06. The van der Waals surface area contributed by atoms with Gasteiger partial charge in [0.2, 0.25) is 0 Å². The summed E-state index contributed by atoms with van der Waals surface area (Å²) in [6.45, 7) is 0. The van der Waals surface area contributed by atoms with E-state index in [0.717, 1.165) is 5.01 Å². The van der Waals surface area contributed by atoms with Crippen LogP contribution in [-0.4, -0.2) is 22.7 Å². The number of fused-ring (bicyclic) bond motifs is 1. The van der Waals surface area contributed by atoms with Crippen LogP contribution < -0.4 is 5.43 Å². The fourth-order valence-electron chi connectivity index (χ4n) is 2.47. The summed E-state index contributed by atoms with van der Waals surface area (Å²) in [4.78, 5) is 36.0. The second-order valence-corrected chi connectivity index (χ2v) is 4.59. The van der Waals surface area contributed by atoms with E-state index in [2.05, 4.69) is 5.43 Å². The van der Waals surface area contributed by atoms with E-state index in [4.69, 9.17) is 4.42 Å². The van der Waals surface area contributed by atoms with Gasteiger partial charge in [0, 0.05) is 0 Å². The van der Waals surface area contributed by atoms with Gasteiger partial charge in [0.05, 0.1) is 18.1 Å². The van der Waals surface area contributed by atoms with Crippen molar-refractivity contribution in [3.63, 3.8) is 0 Å². The van der Waals surface area contributed by atoms with Crippen molar-refractivity contribution in [3.8, 4) is 0 Å². The summed E-state index contributed by atoms with van der Waals surface area (Å²) < 4.78 is 4.92. The van der Waals surface area contributed by atoms with Crippen molar-refractivity contribution in [2.75, 3.05) is 0 Å². The molecule has 19 heavy (non-hydrogen) atoms. The highest BCUT2D eigenvalue weighted by molar-refractivity contribution is 6.07. The zero-order chi connectivity index (χ0) is 13.4. The third-order valence-corrected chi connectivity index (χ3v) is 3.47. The van der Waals surface area contributed by atoms with E-state index in [1.54, 1.807) is 6.07 Å². The van der Waals surface area contributed by atoms with Gasteiger partial charge in [0.1, 0.15) is 0 Å². The number of hydrazine groups is 1. The lowest BCUT2D eigenvalue weighted by molar-refractivity contribution is -0.142. The molecule has 0 spiro atoms. The molecule has 2 heterocycles. The number of hydrogen-bond donors (Lipinski definition) is 1. The molecule has 6 heteroatoms. The molecule has 2 aliphatic rings. The number of carbonyl (C=O) groups excluding carboxylic acids is 3. The summed E-state index contributed by atoms with van der Waals surface area (Å²) in [5.74, 6) is -1.94. The second-order valence-electron chi connectivity index (χ2n) is 4.59. The average Bonchev–Trinajstić information content (AvgIpc) is 3.03. The lowest BCUT2D eigenvalue weighted by atomic mass is 9.85. The lowest BCUT2D eigenvalue weighted by Crippen LogP contribution is -2.46. The molecule has 1 N–H and O–H groups in total. The Morgan fingerprint density at radius 3 is 2.37 bits per heavy atom. The minimum atomic E-state index is -0.599. The maximum atomic E-state index is 12.1. The van der Waals surface area contributed by atoms with Crippen LogP contribution in [0.4, 0.5) is 0 Å². The molecule has 2 unspecified atom stereocenters. The molecule has 0 bridgehead atoms. The van der Waals surface area contributed by atoms with Gasteiger partial charge in [-0.2, -0.15) is 5.01 Å². The van der Waals surface area contributed by atoms with Crippen molar-refractivity contribution < 1.29 is 18.8 Å². The molecule has 1 aromatic heterocycles. The maximum absolute atomic E-state index is 12.1. The molecule has 6 nitrogen and oxygen atoms in total. The van der Waals surface area contributed by atoms with Crippen molar-refractivity contribution in [3.05, 3.63) is 36.3 Å². The highest BCUT2D eigenvalue weighted by atomic mass is 16.3. The summed E-state index contributed by atoms with van der Waals surface area (Å²) >= 11 is 0. The quantitative estimate of drug-likeness (QED) is 0.632. The van der Waals surface area contributed by atoms with Crippen LogP contribution in [0.1, 0.15) is 23.4 Å². The Bertz CT molecular complexity index is 535. The number of carbonyl (C=O) groups is 3. The van der Waals surface area contributed by atoms with Crippen molar-refractivity contribution in [1.29, 1.82) is 0 Å². The maximum Gasteiger partial charge on any atom is 0.305 e. The number of furan rings is 1. The van der Waals surface area contributed by atoms with Crippen molar-refractivity contribution in [2.24, 2.45) is 11.8 Å². The van der Waals surface area contributed by atoms with Crippen molar-refractivity contribution in [1.82, 2.24) is 10.4 Å². The van der Waals surface area contributed by atoms with Crippen LogP contribution in [0.3, 0.4) is 0 Å². The zero-order valence-electron chi connectivity index (χ0n) is 10.0. The van der Waals surface area contributed by atoms with Crippen molar-refractivity contribution in [2.45, 2.75) is 12.8 Å². The van der Waals surface area contributed by atoms with E-state index in [1.807, 2.05) is 12.2 Å². The molecule has 1 aliphatic carbocycles. The molecule has 1 aromatic rings. The molecule has 98 valence electrons. The summed E-state index contributed by atoms with van der Waals surface area (Å²) in [6.07, 6.45) is 6.23. The highest BCUT2D eigenvalue weighted by Crippen LogP contribution is 2.34. The third-order valence-electron chi connectivity index (χ3n) is 3.47. The van der Waals surface area contributed by atoms with Gasteiger partial charge in [-0.25, -0.2) is 0 Å². The van der Waals surface area contributed by atoms with E-state index < -0.39 is 5.91 Å². The SMILES string of the molecule is O=C(NN1C(=O)C2CC=CCC2C1=O)c1ccco1. The van der Waals surface area contributed by atoms with Gasteiger partial charge >= 0.3 is 5.91 Å². The molecule has 1 aliphatic heterocycles. The summed E-state index contributed by atoms with van der Waals surface area (Å²) in [5, 5.41) is 0.827. The molecule has 0 saturated carbocycles. The van der Waals surface area contributed by atoms with Gasteiger partial charge in [-0.05, 0) is 25.0 Å². The van der Waals surface area contributed by atoms with Crippen LogP contribution in [-0.2, 0) is 9.59 Å². The third kappa shape index (κ3) is 1.85. The van der Waals surface area contributed by atoms with E-state index in [9.17, 15) is 14.4 Å². The molecule has 1 saturated heterocycles. The summed E-state index contributed by atoms with van der Waals surface area (Å²) in [7, 11) is 0. The molecule has 0 radical (unpaired) electrons. The zero-order valence-corrected chi connectivity index (χ0v) is 10.0.